The van der Waals surface area contributed by atoms with Crippen LogP contribution in [0.4, 0.5) is 11.6 Å². The van der Waals surface area contributed by atoms with Crippen molar-refractivity contribution in [3.8, 4) is 0 Å². The fraction of sp³-hybridized carbons (Fsp3) is 0.211. The van der Waals surface area contributed by atoms with Crippen molar-refractivity contribution >= 4 is 31.9 Å². The van der Waals surface area contributed by atoms with Gasteiger partial charge in [-0.3, -0.25) is 9.11 Å². The summed E-state index contributed by atoms with van der Waals surface area (Å²) in [7, 11) is -8.66. The average Bonchev–Trinajstić information content (AvgIpc) is 2.71. The van der Waals surface area contributed by atoms with Crippen LogP contribution in [0.3, 0.4) is 0 Å². The molecule has 2 aromatic carbocycles. The van der Waals surface area contributed by atoms with Crippen molar-refractivity contribution in [2.75, 3.05) is 11.9 Å². The van der Waals surface area contributed by atoms with Crippen LogP contribution in [-0.2, 0) is 33.1 Å². The zero-order valence-corrected chi connectivity index (χ0v) is 18.3. The number of hydrogen-bond donors (Lipinski definition) is 4. The van der Waals surface area contributed by atoms with E-state index in [1.54, 1.807) is 6.07 Å². The topological polar surface area (TPSA) is 185 Å². The molecule has 0 atom stereocenters. The molecular weight excluding hydrogens is 458 g/mol. The zero-order valence-electron chi connectivity index (χ0n) is 16.7. The number of rotatable bonds is 9. The molecule has 0 saturated heterocycles. The Hall–Kier alpha value is -2.97. The van der Waals surface area contributed by atoms with Crippen molar-refractivity contribution in [2.24, 2.45) is 5.73 Å². The van der Waals surface area contributed by atoms with Gasteiger partial charge in [0.25, 0.3) is 20.2 Å². The van der Waals surface area contributed by atoms with Crippen LogP contribution in [0, 0.1) is 0 Å². The Bertz CT molecular complexity index is 1310. The fourth-order valence-electron chi connectivity index (χ4n) is 2.80. The van der Waals surface area contributed by atoms with E-state index in [2.05, 4.69) is 20.3 Å². The molecule has 0 spiro atoms. The molecule has 13 heteroatoms. The summed E-state index contributed by atoms with van der Waals surface area (Å²) in [4.78, 5) is 12.6. The molecule has 0 unspecified atom stereocenters. The monoisotopic (exact) mass is 479 g/mol. The molecule has 11 nitrogen and oxygen atoms in total. The minimum atomic E-state index is -4.37. The largest absolute Gasteiger partial charge is 0.330 e. The predicted molar refractivity (Wildman–Crippen MR) is 116 cm³/mol. The van der Waals surface area contributed by atoms with Crippen molar-refractivity contribution in [2.45, 2.75) is 29.1 Å². The van der Waals surface area contributed by atoms with Gasteiger partial charge in [-0.2, -0.15) is 26.8 Å². The van der Waals surface area contributed by atoms with Crippen LogP contribution in [0.1, 0.15) is 23.6 Å². The summed E-state index contributed by atoms with van der Waals surface area (Å²) >= 11 is 0. The Morgan fingerprint density at radius 1 is 0.844 bits per heavy atom. The van der Waals surface area contributed by atoms with E-state index in [-0.39, 0.29) is 22.2 Å². The normalized spacial score (nSPS) is 12.0. The van der Waals surface area contributed by atoms with Gasteiger partial charge in [-0.15, -0.1) is 0 Å². The van der Waals surface area contributed by atoms with Crippen molar-refractivity contribution < 1.29 is 25.9 Å². The smallest absolute Gasteiger partial charge is 0.294 e. The first-order valence-electron chi connectivity index (χ1n) is 9.39. The maximum Gasteiger partial charge on any atom is 0.294 e. The van der Waals surface area contributed by atoms with Crippen LogP contribution >= 0.6 is 0 Å². The number of nitrogens with two attached hydrogens (primary N) is 1. The number of aryl methyl sites for hydroxylation is 1. The Morgan fingerprint density at radius 3 is 2.12 bits per heavy atom. The molecule has 0 bridgehead atoms. The van der Waals surface area contributed by atoms with Crippen molar-refractivity contribution in [1.29, 1.82) is 0 Å². The lowest BCUT2D eigenvalue weighted by Gasteiger charge is -2.10. The summed E-state index contributed by atoms with van der Waals surface area (Å²) in [5.41, 5.74) is 6.62. The third-order valence-electron chi connectivity index (χ3n) is 4.30. The van der Waals surface area contributed by atoms with Gasteiger partial charge in [0.05, 0.1) is 9.79 Å². The van der Waals surface area contributed by atoms with Gasteiger partial charge in [0.15, 0.2) is 0 Å². The molecule has 1 aromatic heterocycles. The maximum atomic E-state index is 11.4. The third-order valence-corrected chi connectivity index (χ3v) is 6.02. The molecule has 3 rings (SSSR count). The molecule has 5 N–H and O–H groups in total. The Balaban J connectivity index is 1.90. The van der Waals surface area contributed by atoms with Crippen molar-refractivity contribution in [3.05, 3.63) is 65.7 Å². The second-order valence-electron chi connectivity index (χ2n) is 6.81. The molecule has 170 valence electrons. The molecule has 32 heavy (non-hydrogen) atoms. The van der Waals surface area contributed by atoms with Crippen LogP contribution in [0.2, 0.25) is 0 Å². The molecule has 0 aliphatic carbocycles. The van der Waals surface area contributed by atoms with Gasteiger partial charge in [0.2, 0.25) is 5.95 Å². The van der Waals surface area contributed by atoms with E-state index in [0.717, 1.165) is 0 Å². The lowest BCUT2D eigenvalue weighted by atomic mass is 10.1. The van der Waals surface area contributed by atoms with Gasteiger partial charge < -0.3 is 11.1 Å². The lowest BCUT2D eigenvalue weighted by Crippen LogP contribution is -2.10. The highest BCUT2D eigenvalue weighted by molar-refractivity contribution is 7.86. The highest BCUT2D eigenvalue weighted by Gasteiger charge is 2.13. The van der Waals surface area contributed by atoms with Gasteiger partial charge in [-0.25, -0.2) is 4.98 Å². The van der Waals surface area contributed by atoms with E-state index >= 15 is 0 Å². The molecule has 0 saturated carbocycles. The minimum absolute atomic E-state index is 0.170. The summed E-state index contributed by atoms with van der Waals surface area (Å²) in [5.74, 6) is 1.03. The van der Waals surface area contributed by atoms with E-state index in [4.69, 9.17) is 10.3 Å². The first-order valence-corrected chi connectivity index (χ1v) is 12.3. The number of anilines is 2. The van der Waals surface area contributed by atoms with Crippen LogP contribution in [0.5, 0.6) is 0 Å². The van der Waals surface area contributed by atoms with Gasteiger partial charge >= 0.3 is 0 Å². The SMILES string of the molecule is NCCCc1nc(Cc2ccc(S(=O)(=O)O)cc2)nc(Nc2cccc(S(=O)(=O)O)c2)n1. The molecule has 0 radical (unpaired) electrons. The fourth-order valence-corrected chi connectivity index (χ4v) is 3.81. The highest BCUT2D eigenvalue weighted by atomic mass is 32.2. The quantitative estimate of drug-likeness (QED) is 0.326. The molecular formula is C19H21N5O6S2. The molecule has 1 heterocycles. The average molecular weight is 480 g/mol. The van der Waals surface area contributed by atoms with Crippen molar-refractivity contribution in [1.82, 2.24) is 15.0 Å². The lowest BCUT2D eigenvalue weighted by molar-refractivity contribution is 0.481. The number of hydrogen-bond acceptors (Lipinski definition) is 9. The number of nitrogens with one attached hydrogen (secondary N) is 1. The van der Waals surface area contributed by atoms with E-state index in [1.165, 1.54) is 42.5 Å². The second kappa shape index (κ2) is 9.67. The van der Waals surface area contributed by atoms with Gasteiger partial charge in [-0.1, -0.05) is 18.2 Å². The van der Waals surface area contributed by atoms with Gasteiger partial charge in [0.1, 0.15) is 11.6 Å². The van der Waals surface area contributed by atoms with E-state index in [0.29, 0.717) is 42.3 Å². The summed E-state index contributed by atoms with van der Waals surface area (Å²) in [6.07, 6.45) is 1.39. The Kier molecular flexibility index (Phi) is 7.16. The van der Waals surface area contributed by atoms with E-state index in [1.807, 2.05) is 0 Å². The highest BCUT2D eigenvalue weighted by Crippen LogP contribution is 2.19. The van der Waals surface area contributed by atoms with Gasteiger partial charge in [-0.05, 0) is 48.9 Å². The number of nitrogens with zero attached hydrogens (tertiary/aromatic N) is 3. The molecule has 0 aliphatic rings. The summed E-state index contributed by atoms with van der Waals surface area (Å²) < 4.78 is 63.5. The third kappa shape index (κ3) is 6.51. The minimum Gasteiger partial charge on any atom is -0.330 e. The van der Waals surface area contributed by atoms with Crippen LogP contribution in [-0.4, -0.2) is 47.4 Å². The van der Waals surface area contributed by atoms with E-state index < -0.39 is 20.2 Å². The molecule has 0 amide bonds. The predicted octanol–water partition coefficient (Wildman–Crippen LogP) is 1.59. The molecule has 0 aliphatic heterocycles. The van der Waals surface area contributed by atoms with Crippen molar-refractivity contribution in [3.63, 3.8) is 0 Å². The second-order valence-corrected chi connectivity index (χ2v) is 9.65. The number of aromatic nitrogens is 3. The standard InChI is InChI=1S/C19H21N5O6S2/c20-10-2-5-17-22-18(11-13-6-8-15(9-7-13)31(25,26)27)24-19(23-17)21-14-3-1-4-16(12-14)32(28,29)30/h1,3-4,6-9,12H,2,5,10-11,20H2,(H,25,26,27)(H,28,29,30)(H,21,22,23,24). The zero-order chi connectivity index (χ0) is 23.4. The van der Waals surface area contributed by atoms with Crippen LogP contribution < -0.4 is 11.1 Å². The summed E-state index contributed by atoms with van der Waals surface area (Å²) in [6, 6.07) is 11.2. The molecule has 0 fully saturated rings. The summed E-state index contributed by atoms with van der Waals surface area (Å²) in [6.45, 7) is 0.442. The Morgan fingerprint density at radius 2 is 1.50 bits per heavy atom. The number of benzene rings is 2. The van der Waals surface area contributed by atoms with Crippen LogP contribution in [0.15, 0.2) is 58.3 Å². The van der Waals surface area contributed by atoms with Crippen LogP contribution in [0.25, 0.3) is 0 Å². The van der Waals surface area contributed by atoms with Gasteiger partial charge in [0, 0.05) is 18.5 Å². The first kappa shape index (κ1) is 23.7. The Labute approximate surface area is 185 Å². The summed E-state index contributed by atoms with van der Waals surface area (Å²) in [5, 5.41) is 2.91. The van der Waals surface area contributed by atoms with E-state index in [9.17, 15) is 21.4 Å². The first-order chi connectivity index (χ1) is 15.0. The molecule has 3 aromatic rings. The maximum absolute atomic E-state index is 11.4.